The molecule has 1 aliphatic heterocycles. The summed E-state index contributed by atoms with van der Waals surface area (Å²) >= 11 is 0. The van der Waals surface area contributed by atoms with Crippen LogP contribution in [0.2, 0.25) is 0 Å². The first-order chi connectivity index (χ1) is 12.0. The molecule has 8 heteroatoms. The fourth-order valence-electron chi connectivity index (χ4n) is 5.36. The molecule has 4 N–H and O–H groups in total. The van der Waals surface area contributed by atoms with Crippen LogP contribution >= 0.6 is 0 Å². The Labute approximate surface area is 143 Å². The smallest absolute Gasteiger partial charge is 0.220 e. The zero-order valence-electron chi connectivity index (χ0n) is 13.4. The molecule has 0 spiro atoms. The van der Waals surface area contributed by atoms with E-state index in [4.69, 9.17) is 5.73 Å². The minimum atomic E-state index is -0.983. The lowest BCUT2D eigenvalue weighted by Crippen LogP contribution is -3.15. The van der Waals surface area contributed by atoms with E-state index in [2.05, 4.69) is 15.3 Å². The van der Waals surface area contributed by atoms with E-state index in [9.17, 15) is 14.4 Å². The van der Waals surface area contributed by atoms with Crippen molar-refractivity contribution in [3.05, 3.63) is 47.2 Å². The molecule has 1 saturated carbocycles. The second kappa shape index (κ2) is 4.72. The van der Waals surface area contributed by atoms with Gasteiger partial charge in [0.1, 0.15) is 30.1 Å². The predicted molar refractivity (Wildman–Crippen MR) is 85.9 cm³/mol. The third kappa shape index (κ3) is 1.67. The van der Waals surface area contributed by atoms with E-state index >= 15 is 0 Å². The molecule has 1 aromatic heterocycles. The molecule has 5 rings (SSSR count). The molecule has 2 heterocycles. The first kappa shape index (κ1) is 15.1. The zero-order valence-corrected chi connectivity index (χ0v) is 13.4. The minimum absolute atomic E-state index is 0.00299. The topological polar surface area (TPSA) is 108 Å². The summed E-state index contributed by atoms with van der Waals surface area (Å²) in [5, 5.41) is 16.4. The number of nitrogens with zero attached hydrogens (tertiary/aromatic N) is 2. The lowest BCUT2D eigenvalue weighted by Gasteiger charge is -2.53. The Morgan fingerprint density at radius 1 is 1.52 bits per heavy atom. The highest BCUT2D eigenvalue weighted by molar-refractivity contribution is 5.80. The number of carbonyl (C=O) groups excluding carboxylic acids is 1. The summed E-state index contributed by atoms with van der Waals surface area (Å²) in [6.45, 7) is 0.146. The molecule has 7 nitrogen and oxygen atoms in total. The molecule has 6 atom stereocenters. The normalized spacial score (nSPS) is 43.7. The summed E-state index contributed by atoms with van der Waals surface area (Å²) in [5.41, 5.74) is 4.28. The van der Waals surface area contributed by atoms with Gasteiger partial charge >= 0.3 is 0 Å². The van der Waals surface area contributed by atoms with Gasteiger partial charge in [-0.1, -0.05) is 12.2 Å². The van der Waals surface area contributed by atoms with Crippen LogP contribution in [0.5, 0.6) is 0 Å². The highest BCUT2D eigenvalue weighted by Gasteiger charge is 2.71. The number of quaternary nitrogens is 1. The number of hydrogen-bond acceptors (Lipinski definition) is 5. The molecule has 25 heavy (non-hydrogen) atoms. The summed E-state index contributed by atoms with van der Waals surface area (Å²) in [6, 6.07) is 0. The Bertz CT molecular complexity index is 842. The Morgan fingerprint density at radius 3 is 3.12 bits per heavy atom. The van der Waals surface area contributed by atoms with E-state index in [1.54, 1.807) is 6.20 Å². The highest BCUT2D eigenvalue weighted by atomic mass is 19.1. The van der Waals surface area contributed by atoms with Gasteiger partial charge in [-0.05, 0) is 24.8 Å². The maximum atomic E-state index is 14.8. The van der Waals surface area contributed by atoms with Crippen molar-refractivity contribution in [1.29, 1.82) is 0 Å². The van der Waals surface area contributed by atoms with Crippen molar-refractivity contribution in [3.63, 3.8) is 0 Å². The van der Waals surface area contributed by atoms with Gasteiger partial charge in [0.15, 0.2) is 5.54 Å². The molecule has 0 aromatic carbocycles. The van der Waals surface area contributed by atoms with Crippen LogP contribution < -0.4 is 16.1 Å². The lowest BCUT2D eigenvalue weighted by atomic mass is 9.58. The number of rotatable bonds is 2. The van der Waals surface area contributed by atoms with Crippen molar-refractivity contribution < 1.29 is 14.2 Å². The number of primary amides is 1. The van der Waals surface area contributed by atoms with Gasteiger partial charge in [-0.2, -0.15) is 0 Å². The third-order valence-electron chi connectivity index (χ3n) is 6.40. The fraction of sp³-hybridized carbons (Fsp3) is 0.471. The Hall–Kier alpha value is -2.16. The number of aromatic nitrogens is 2. The Kier molecular flexibility index (Phi) is 2.85. The van der Waals surface area contributed by atoms with Crippen molar-refractivity contribution in [2.24, 2.45) is 23.5 Å². The number of hydrogen-bond donors (Lipinski definition) is 3. The van der Waals surface area contributed by atoms with Crippen LogP contribution in [0.25, 0.3) is 5.83 Å². The van der Waals surface area contributed by atoms with E-state index in [0.29, 0.717) is 18.4 Å². The standard InChI is InChI=1S/C17H18FN5O2/c18-13-5-16-3-1-2-11(9-4-10(9)15(19)24)17(16,23(25)8-22-16)12-6-20-7-21-14(12)13/h1,3,5-7,9-11,22-23H,2,4,8H2,(H2,19,24)/t9-,10-,11?,16?,17?/m1/s1. The average molecular weight is 343 g/mol. The molecule has 1 amide bonds. The maximum absolute atomic E-state index is 14.8. The molecule has 130 valence electrons. The maximum Gasteiger partial charge on any atom is 0.220 e. The molecule has 1 saturated heterocycles. The zero-order chi connectivity index (χ0) is 17.4. The average Bonchev–Trinajstić information content (AvgIpc) is 3.34. The first-order valence-corrected chi connectivity index (χ1v) is 8.46. The molecule has 3 aliphatic carbocycles. The minimum Gasteiger partial charge on any atom is -0.633 e. The van der Waals surface area contributed by atoms with Crippen molar-refractivity contribution >= 4 is 11.7 Å². The monoisotopic (exact) mass is 343 g/mol. The van der Waals surface area contributed by atoms with Crippen molar-refractivity contribution in [2.75, 3.05) is 6.67 Å². The number of nitrogens with two attached hydrogens (primary N) is 1. The summed E-state index contributed by atoms with van der Waals surface area (Å²) in [4.78, 5) is 19.8. The van der Waals surface area contributed by atoms with Gasteiger partial charge in [0.25, 0.3) is 0 Å². The van der Waals surface area contributed by atoms with E-state index in [-0.39, 0.29) is 41.1 Å². The van der Waals surface area contributed by atoms with Crippen molar-refractivity contribution in [2.45, 2.75) is 23.9 Å². The van der Waals surface area contributed by atoms with Gasteiger partial charge in [0.05, 0.1) is 5.56 Å². The Balaban J connectivity index is 1.76. The van der Waals surface area contributed by atoms with E-state index < -0.39 is 16.9 Å². The number of allylic oxidation sites excluding steroid dienone is 1. The van der Waals surface area contributed by atoms with Gasteiger partial charge in [-0.3, -0.25) is 10.1 Å². The number of nitrogens with one attached hydrogen (secondary N) is 2. The fourth-order valence-corrected chi connectivity index (χ4v) is 5.36. The van der Waals surface area contributed by atoms with Crippen LogP contribution in [0.15, 0.2) is 30.8 Å². The molecule has 4 aliphatic rings. The number of halogens is 1. The molecule has 1 aromatic rings. The van der Waals surface area contributed by atoms with Gasteiger partial charge in [-0.15, -0.1) is 0 Å². The summed E-state index contributed by atoms with van der Waals surface area (Å²) < 4.78 is 14.8. The van der Waals surface area contributed by atoms with Crippen LogP contribution in [0.1, 0.15) is 24.1 Å². The summed E-state index contributed by atoms with van der Waals surface area (Å²) in [7, 11) is 0. The van der Waals surface area contributed by atoms with Crippen LogP contribution in [-0.2, 0) is 10.3 Å². The molecule has 4 unspecified atom stereocenters. The second-order valence-electron chi connectivity index (χ2n) is 7.38. The molecule has 0 bridgehead atoms. The van der Waals surface area contributed by atoms with E-state index in [1.165, 1.54) is 12.4 Å². The number of fused-ring (bicyclic) bond motifs is 1. The largest absolute Gasteiger partial charge is 0.633 e. The van der Waals surface area contributed by atoms with E-state index in [0.717, 1.165) is 0 Å². The first-order valence-electron chi connectivity index (χ1n) is 8.46. The SMILES string of the molecule is NC(=O)[C@@H]1C[C@H]1C1CC=CC23C=C(F)c4ncncc4C12[NH+]([O-])CN3. The van der Waals surface area contributed by atoms with Crippen LogP contribution in [0.4, 0.5) is 4.39 Å². The van der Waals surface area contributed by atoms with Crippen LogP contribution in [0, 0.1) is 23.0 Å². The number of amides is 1. The van der Waals surface area contributed by atoms with Gasteiger partial charge < -0.3 is 16.0 Å². The van der Waals surface area contributed by atoms with Crippen LogP contribution in [-0.4, -0.2) is 28.1 Å². The number of hydroxylamine groups is 2. The molecular weight excluding hydrogens is 325 g/mol. The molecule has 2 fully saturated rings. The quantitative estimate of drug-likeness (QED) is 0.490. The van der Waals surface area contributed by atoms with Gasteiger partial charge in [0.2, 0.25) is 5.91 Å². The van der Waals surface area contributed by atoms with E-state index in [1.807, 2.05) is 12.2 Å². The summed E-state index contributed by atoms with van der Waals surface area (Å²) in [5.74, 6) is -1.12. The van der Waals surface area contributed by atoms with Gasteiger partial charge in [0, 0.05) is 18.0 Å². The Morgan fingerprint density at radius 2 is 2.36 bits per heavy atom. The molecule has 0 radical (unpaired) electrons. The highest BCUT2D eigenvalue weighted by Crippen LogP contribution is 2.59. The third-order valence-corrected chi connectivity index (χ3v) is 6.40. The van der Waals surface area contributed by atoms with Crippen LogP contribution in [0.3, 0.4) is 0 Å². The summed E-state index contributed by atoms with van der Waals surface area (Å²) in [6.07, 6.45) is 9.50. The van der Waals surface area contributed by atoms with Crippen molar-refractivity contribution in [3.8, 4) is 0 Å². The van der Waals surface area contributed by atoms with Gasteiger partial charge in [-0.25, -0.2) is 14.4 Å². The molecular formula is C17H18FN5O2. The van der Waals surface area contributed by atoms with Crippen molar-refractivity contribution in [1.82, 2.24) is 15.3 Å². The lowest BCUT2D eigenvalue weighted by molar-refractivity contribution is -0.908. The number of carbonyl (C=O) groups is 1. The predicted octanol–water partition coefficient (Wildman–Crippen LogP) is -0.624. The second-order valence-corrected chi connectivity index (χ2v) is 7.38.